The second kappa shape index (κ2) is 6.78. The molecule has 0 aliphatic heterocycles. The van der Waals surface area contributed by atoms with Crippen LogP contribution in [0.25, 0.3) is 0 Å². The molecule has 2 atom stereocenters. The summed E-state index contributed by atoms with van der Waals surface area (Å²) in [5, 5.41) is 12.0. The van der Waals surface area contributed by atoms with Gasteiger partial charge in [-0.15, -0.1) is 0 Å². The van der Waals surface area contributed by atoms with Crippen LogP contribution in [0.4, 0.5) is 0 Å². The molecule has 0 spiro atoms. The molecule has 1 amide bonds. The molecule has 6 heteroatoms. The van der Waals surface area contributed by atoms with Crippen molar-refractivity contribution in [3.63, 3.8) is 0 Å². The zero-order valence-corrected chi connectivity index (χ0v) is 12.1. The van der Waals surface area contributed by atoms with Gasteiger partial charge in [0.25, 0.3) is 5.91 Å². The quantitative estimate of drug-likeness (QED) is 0.877. The highest BCUT2D eigenvalue weighted by atomic mass is 35.5. The third-order valence-corrected chi connectivity index (χ3v) is 3.78. The molecule has 1 aromatic rings. The molecule has 0 radical (unpaired) electrons. The fourth-order valence-corrected chi connectivity index (χ4v) is 1.97. The third-order valence-electron chi connectivity index (χ3n) is 2.96. The fraction of sp³-hybridized carbons (Fsp3) is 0.385. The summed E-state index contributed by atoms with van der Waals surface area (Å²) in [4.78, 5) is 23.2. The lowest BCUT2D eigenvalue weighted by atomic mass is 9.99. The normalized spacial score (nSPS) is 13.7. The van der Waals surface area contributed by atoms with E-state index in [0.29, 0.717) is 6.42 Å². The van der Waals surface area contributed by atoms with Gasteiger partial charge in [0, 0.05) is 0 Å². The van der Waals surface area contributed by atoms with E-state index in [4.69, 9.17) is 28.3 Å². The highest BCUT2D eigenvalue weighted by molar-refractivity contribution is 6.43. The standard InChI is InChI=1S/C13H15Cl2NO3/c1-3-7(2)11(13(18)19)16-12(17)8-5-4-6-9(14)10(8)15/h4-7,11H,3H2,1-2H3,(H,16,17)(H,18,19)/t7-,11-/m0/s1. The highest BCUT2D eigenvalue weighted by Crippen LogP contribution is 2.25. The van der Waals surface area contributed by atoms with Crippen molar-refractivity contribution in [2.45, 2.75) is 26.3 Å². The van der Waals surface area contributed by atoms with Gasteiger partial charge in [-0.2, -0.15) is 0 Å². The highest BCUT2D eigenvalue weighted by Gasteiger charge is 2.26. The number of amides is 1. The Labute approximate surface area is 121 Å². The van der Waals surface area contributed by atoms with Crippen molar-refractivity contribution in [2.75, 3.05) is 0 Å². The first kappa shape index (κ1) is 15.8. The van der Waals surface area contributed by atoms with Crippen molar-refractivity contribution in [1.82, 2.24) is 5.32 Å². The van der Waals surface area contributed by atoms with Gasteiger partial charge in [0.15, 0.2) is 0 Å². The minimum atomic E-state index is -1.07. The molecule has 4 nitrogen and oxygen atoms in total. The molecule has 1 aromatic carbocycles. The SMILES string of the molecule is CC[C@H](C)[C@H](NC(=O)c1cccc(Cl)c1Cl)C(=O)O. The Morgan fingerprint density at radius 1 is 1.37 bits per heavy atom. The van der Waals surface area contributed by atoms with Crippen LogP contribution in [0.3, 0.4) is 0 Å². The van der Waals surface area contributed by atoms with Crippen molar-refractivity contribution in [1.29, 1.82) is 0 Å². The molecule has 0 fully saturated rings. The number of rotatable bonds is 5. The molecule has 0 aliphatic rings. The van der Waals surface area contributed by atoms with Crippen molar-refractivity contribution in [2.24, 2.45) is 5.92 Å². The lowest BCUT2D eigenvalue weighted by Gasteiger charge is -2.20. The molecule has 0 saturated heterocycles. The molecule has 0 heterocycles. The van der Waals surface area contributed by atoms with Crippen molar-refractivity contribution in [3.8, 4) is 0 Å². The molecule has 0 unspecified atom stereocenters. The molecular weight excluding hydrogens is 289 g/mol. The number of nitrogens with one attached hydrogen (secondary N) is 1. The summed E-state index contributed by atoms with van der Waals surface area (Å²) in [5.41, 5.74) is 0.170. The third kappa shape index (κ3) is 3.85. The van der Waals surface area contributed by atoms with Crippen LogP contribution in [-0.2, 0) is 4.79 Å². The van der Waals surface area contributed by atoms with Gasteiger partial charge in [-0.05, 0) is 18.1 Å². The Bertz CT molecular complexity index is 491. The maximum atomic E-state index is 12.0. The first-order valence-corrected chi connectivity index (χ1v) is 6.61. The predicted octanol–water partition coefficient (Wildman–Crippen LogP) is 3.22. The van der Waals surface area contributed by atoms with Gasteiger partial charge in [-0.3, -0.25) is 4.79 Å². The summed E-state index contributed by atoms with van der Waals surface area (Å²) in [6.45, 7) is 3.62. The van der Waals surface area contributed by atoms with Crippen molar-refractivity contribution >= 4 is 35.1 Å². The van der Waals surface area contributed by atoms with Crippen LogP contribution in [0.5, 0.6) is 0 Å². The minimum Gasteiger partial charge on any atom is -0.480 e. The van der Waals surface area contributed by atoms with Crippen LogP contribution in [-0.4, -0.2) is 23.0 Å². The number of hydrogen-bond donors (Lipinski definition) is 2. The lowest BCUT2D eigenvalue weighted by molar-refractivity contribution is -0.140. The Balaban J connectivity index is 2.94. The lowest BCUT2D eigenvalue weighted by Crippen LogP contribution is -2.45. The molecule has 104 valence electrons. The van der Waals surface area contributed by atoms with Gasteiger partial charge in [-0.1, -0.05) is 49.5 Å². The maximum absolute atomic E-state index is 12.0. The number of halogens is 2. The first-order chi connectivity index (χ1) is 8.88. The summed E-state index contributed by atoms with van der Waals surface area (Å²) >= 11 is 11.7. The number of aliphatic carboxylic acids is 1. The van der Waals surface area contributed by atoms with Crippen LogP contribution in [0.15, 0.2) is 18.2 Å². The number of carboxylic acids is 1. The molecule has 0 saturated carbocycles. The first-order valence-electron chi connectivity index (χ1n) is 5.86. The van der Waals surface area contributed by atoms with Crippen molar-refractivity contribution in [3.05, 3.63) is 33.8 Å². The smallest absolute Gasteiger partial charge is 0.326 e. The van der Waals surface area contributed by atoms with E-state index in [2.05, 4.69) is 5.32 Å². The van der Waals surface area contributed by atoms with Crippen LogP contribution >= 0.6 is 23.2 Å². The van der Waals surface area contributed by atoms with Crippen LogP contribution in [0.2, 0.25) is 10.0 Å². The summed E-state index contributed by atoms with van der Waals surface area (Å²) < 4.78 is 0. The van der Waals surface area contributed by atoms with Gasteiger partial charge in [0.05, 0.1) is 15.6 Å². The molecule has 19 heavy (non-hydrogen) atoms. The van der Waals surface area contributed by atoms with E-state index in [1.807, 2.05) is 6.92 Å². The maximum Gasteiger partial charge on any atom is 0.326 e. The second-order valence-electron chi connectivity index (χ2n) is 4.28. The summed E-state index contributed by atoms with van der Waals surface area (Å²) in [7, 11) is 0. The Morgan fingerprint density at radius 2 is 2.00 bits per heavy atom. The van der Waals surface area contributed by atoms with E-state index in [9.17, 15) is 9.59 Å². The monoisotopic (exact) mass is 303 g/mol. The molecule has 0 aromatic heterocycles. The Kier molecular flexibility index (Phi) is 5.63. The van der Waals surface area contributed by atoms with Gasteiger partial charge in [-0.25, -0.2) is 4.79 Å². The van der Waals surface area contributed by atoms with E-state index >= 15 is 0 Å². The fourth-order valence-electron chi connectivity index (χ4n) is 1.58. The average Bonchev–Trinajstić information content (AvgIpc) is 2.37. The van der Waals surface area contributed by atoms with Gasteiger partial charge >= 0.3 is 5.97 Å². The molecule has 2 N–H and O–H groups in total. The Morgan fingerprint density at radius 3 is 2.53 bits per heavy atom. The topological polar surface area (TPSA) is 66.4 Å². The van der Waals surface area contributed by atoms with Crippen LogP contribution in [0, 0.1) is 5.92 Å². The molecular formula is C13H15Cl2NO3. The van der Waals surface area contributed by atoms with E-state index in [0.717, 1.165) is 0 Å². The van der Waals surface area contributed by atoms with E-state index in [1.165, 1.54) is 6.07 Å². The zero-order chi connectivity index (χ0) is 14.6. The second-order valence-corrected chi connectivity index (χ2v) is 5.06. The largest absolute Gasteiger partial charge is 0.480 e. The molecule has 0 bridgehead atoms. The van der Waals surface area contributed by atoms with E-state index in [1.54, 1.807) is 19.1 Å². The van der Waals surface area contributed by atoms with E-state index in [-0.39, 0.29) is 21.5 Å². The van der Waals surface area contributed by atoms with Crippen molar-refractivity contribution < 1.29 is 14.7 Å². The summed E-state index contributed by atoms with van der Waals surface area (Å²) in [6, 6.07) is 3.69. The van der Waals surface area contributed by atoms with Gasteiger partial charge in [0.2, 0.25) is 0 Å². The van der Waals surface area contributed by atoms with Gasteiger partial charge < -0.3 is 10.4 Å². The summed E-state index contributed by atoms with van der Waals surface area (Å²) in [6.07, 6.45) is 0.639. The summed E-state index contributed by atoms with van der Waals surface area (Å²) in [5.74, 6) is -1.79. The number of carbonyl (C=O) groups excluding carboxylic acids is 1. The molecule has 0 aliphatic carbocycles. The van der Waals surface area contributed by atoms with Crippen LogP contribution < -0.4 is 5.32 Å². The number of hydrogen-bond acceptors (Lipinski definition) is 2. The minimum absolute atomic E-state index is 0.120. The van der Waals surface area contributed by atoms with E-state index < -0.39 is 17.9 Å². The average molecular weight is 304 g/mol. The number of carboxylic acid groups (broad SMARTS) is 1. The molecule has 1 rings (SSSR count). The Hall–Kier alpha value is -1.26. The predicted molar refractivity (Wildman–Crippen MR) is 74.8 cm³/mol. The van der Waals surface area contributed by atoms with Gasteiger partial charge in [0.1, 0.15) is 6.04 Å². The number of benzene rings is 1. The zero-order valence-electron chi connectivity index (χ0n) is 10.6. The van der Waals surface area contributed by atoms with Crippen LogP contribution in [0.1, 0.15) is 30.6 Å². The number of carbonyl (C=O) groups is 2.